The minimum absolute atomic E-state index is 0.0487. The molecule has 1 aromatic carbocycles. The normalized spacial score (nSPS) is 12.0. The molecule has 1 rings (SSSR count). The van der Waals surface area contributed by atoms with E-state index in [1.54, 1.807) is 14.0 Å². The number of halogens is 1. The van der Waals surface area contributed by atoms with Gasteiger partial charge in [0.25, 0.3) is 5.69 Å². The van der Waals surface area contributed by atoms with Gasteiger partial charge in [-0.1, -0.05) is 11.6 Å². The third-order valence-corrected chi connectivity index (χ3v) is 2.94. The molecular formula is C12H16ClN3O3. The van der Waals surface area contributed by atoms with Crippen molar-refractivity contribution < 1.29 is 9.72 Å². The molecule has 0 spiro atoms. The fraction of sp³-hybridized carbons (Fsp3) is 0.417. The highest BCUT2D eigenvalue weighted by molar-refractivity contribution is 6.31. The summed E-state index contributed by atoms with van der Waals surface area (Å²) in [6.45, 7) is 1.96. The lowest BCUT2D eigenvalue weighted by atomic mass is 10.1. The van der Waals surface area contributed by atoms with Crippen molar-refractivity contribution in [3.8, 4) is 0 Å². The third kappa shape index (κ3) is 4.50. The number of non-ortho nitro benzene ring substituents is 1. The second-order valence-corrected chi connectivity index (χ2v) is 4.87. The third-order valence-electron chi connectivity index (χ3n) is 2.57. The standard InChI is InChI=1S/C12H16ClN3O3/c1-8(14)5-12(17)15(2)7-9-6-10(16(18)19)3-4-11(9)13/h3-4,6,8H,5,7,14H2,1-2H3. The van der Waals surface area contributed by atoms with E-state index in [2.05, 4.69) is 0 Å². The molecule has 0 aliphatic heterocycles. The smallest absolute Gasteiger partial charge is 0.269 e. The zero-order chi connectivity index (χ0) is 14.6. The summed E-state index contributed by atoms with van der Waals surface area (Å²) in [6.07, 6.45) is 0.225. The highest BCUT2D eigenvalue weighted by Gasteiger charge is 2.15. The van der Waals surface area contributed by atoms with Crippen molar-refractivity contribution in [1.82, 2.24) is 4.90 Å². The molecule has 104 valence electrons. The van der Waals surface area contributed by atoms with Crippen LogP contribution in [0.15, 0.2) is 18.2 Å². The highest BCUT2D eigenvalue weighted by atomic mass is 35.5. The van der Waals surface area contributed by atoms with Gasteiger partial charge in [0, 0.05) is 43.2 Å². The van der Waals surface area contributed by atoms with Crippen LogP contribution >= 0.6 is 11.6 Å². The Morgan fingerprint density at radius 2 is 2.21 bits per heavy atom. The van der Waals surface area contributed by atoms with Crippen LogP contribution in [0.4, 0.5) is 5.69 Å². The maximum atomic E-state index is 11.8. The first-order valence-corrected chi connectivity index (χ1v) is 6.11. The van der Waals surface area contributed by atoms with Gasteiger partial charge < -0.3 is 10.6 Å². The molecule has 1 atom stereocenters. The summed E-state index contributed by atoms with van der Waals surface area (Å²) >= 11 is 5.97. The first-order valence-electron chi connectivity index (χ1n) is 5.73. The summed E-state index contributed by atoms with van der Waals surface area (Å²) in [5.41, 5.74) is 6.05. The van der Waals surface area contributed by atoms with Gasteiger partial charge in [0.1, 0.15) is 0 Å². The van der Waals surface area contributed by atoms with Gasteiger partial charge in [-0.25, -0.2) is 0 Å². The SMILES string of the molecule is CC(N)CC(=O)N(C)Cc1cc([N+](=O)[O-])ccc1Cl. The zero-order valence-electron chi connectivity index (χ0n) is 10.8. The van der Waals surface area contributed by atoms with Crippen molar-refractivity contribution in [2.45, 2.75) is 25.9 Å². The molecule has 0 saturated heterocycles. The lowest BCUT2D eigenvalue weighted by Crippen LogP contribution is -2.31. The average molecular weight is 286 g/mol. The molecule has 2 N–H and O–H groups in total. The van der Waals surface area contributed by atoms with Crippen molar-refractivity contribution in [1.29, 1.82) is 0 Å². The molecule has 0 aliphatic carbocycles. The molecule has 1 aromatic rings. The van der Waals surface area contributed by atoms with Gasteiger partial charge in [0.2, 0.25) is 5.91 Å². The van der Waals surface area contributed by atoms with E-state index in [9.17, 15) is 14.9 Å². The Morgan fingerprint density at radius 1 is 1.58 bits per heavy atom. The summed E-state index contributed by atoms with van der Waals surface area (Å²) in [5.74, 6) is -0.127. The maximum absolute atomic E-state index is 11.8. The molecule has 0 radical (unpaired) electrons. The summed E-state index contributed by atoms with van der Waals surface area (Å²) in [5, 5.41) is 11.1. The number of nitrogens with two attached hydrogens (primary N) is 1. The van der Waals surface area contributed by atoms with E-state index in [1.807, 2.05) is 0 Å². The number of nitrogens with zero attached hydrogens (tertiary/aromatic N) is 2. The van der Waals surface area contributed by atoms with Gasteiger partial charge in [-0.15, -0.1) is 0 Å². The fourth-order valence-corrected chi connectivity index (χ4v) is 1.75. The van der Waals surface area contributed by atoms with Gasteiger partial charge in [0.15, 0.2) is 0 Å². The van der Waals surface area contributed by atoms with Crippen molar-refractivity contribution in [2.24, 2.45) is 5.73 Å². The predicted octanol–water partition coefficient (Wildman–Crippen LogP) is 1.94. The molecule has 1 amide bonds. The second-order valence-electron chi connectivity index (χ2n) is 4.46. The lowest BCUT2D eigenvalue weighted by molar-refractivity contribution is -0.384. The Balaban J connectivity index is 2.84. The van der Waals surface area contributed by atoms with Crippen LogP contribution in [0.25, 0.3) is 0 Å². The average Bonchev–Trinajstić information content (AvgIpc) is 2.30. The van der Waals surface area contributed by atoms with Gasteiger partial charge in [-0.3, -0.25) is 14.9 Å². The summed E-state index contributed by atoms with van der Waals surface area (Å²) in [6, 6.07) is 3.93. The number of benzene rings is 1. The number of rotatable bonds is 5. The molecule has 0 aliphatic rings. The molecular weight excluding hydrogens is 270 g/mol. The Morgan fingerprint density at radius 3 is 2.74 bits per heavy atom. The lowest BCUT2D eigenvalue weighted by Gasteiger charge is -2.19. The van der Waals surface area contributed by atoms with Crippen LogP contribution < -0.4 is 5.73 Å². The summed E-state index contributed by atoms with van der Waals surface area (Å²) < 4.78 is 0. The Hall–Kier alpha value is -1.66. The van der Waals surface area contributed by atoms with E-state index in [0.717, 1.165) is 0 Å². The molecule has 1 unspecified atom stereocenters. The van der Waals surface area contributed by atoms with E-state index in [1.165, 1.54) is 23.1 Å². The van der Waals surface area contributed by atoms with Gasteiger partial charge in [-0.2, -0.15) is 0 Å². The Kier molecular flexibility index (Phi) is 5.26. The van der Waals surface area contributed by atoms with Crippen molar-refractivity contribution >= 4 is 23.2 Å². The Bertz CT molecular complexity index is 491. The minimum Gasteiger partial charge on any atom is -0.341 e. The van der Waals surface area contributed by atoms with E-state index in [-0.39, 0.29) is 30.6 Å². The number of amides is 1. The number of nitro groups is 1. The van der Waals surface area contributed by atoms with E-state index >= 15 is 0 Å². The number of carbonyl (C=O) groups is 1. The van der Waals surface area contributed by atoms with Crippen LogP contribution in [0.1, 0.15) is 18.9 Å². The molecule has 0 bridgehead atoms. The summed E-state index contributed by atoms with van der Waals surface area (Å²) in [4.78, 5) is 23.4. The molecule has 0 heterocycles. The molecule has 19 heavy (non-hydrogen) atoms. The van der Waals surface area contributed by atoms with Crippen LogP contribution in [0.3, 0.4) is 0 Å². The first-order chi connectivity index (χ1) is 8.81. The van der Waals surface area contributed by atoms with Crippen LogP contribution in [-0.4, -0.2) is 28.8 Å². The molecule has 0 saturated carbocycles. The van der Waals surface area contributed by atoms with Gasteiger partial charge in [0.05, 0.1) is 4.92 Å². The van der Waals surface area contributed by atoms with Crippen LogP contribution in [0, 0.1) is 10.1 Å². The van der Waals surface area contributed by atoms with Gasteiger partial charge >= 0.3 is 0 Å². The van der Waals surface area contributed by atoms with E-state index < -0.39 is 4.92 Å². The number of carbonyl (C=O) groups excluding carboxylic acids is 1. The van der Waals surface area contributed by atoms with Crippen molar-refractivity contribution in [2.75, 3.05) is 7.05 Å². The minimum atomic E-state index is -0.496. The Labute approximate surface area is 116 Å². The number of hydrogen-bond donors (Lipinski definition) is 1. The van der Waals surface area contributed by atoms with Crippen molar-refractivity contribution in [3.05, 3.63) is 38.9 Å². The molecule has 0 fully saturated rings. The number of nitro benzene ring substituents is 1. The highest BCUT2D eigenvalue weighted by Crippen LogP contribution is 2.23. The zero-order valence-corrected chi connectivity index (χ0v) is 11.6. The second kappa shape index (κ2) is 6.49. The maximum Gasteiger partial charge on any atom is 0.269 e. The predicted molar refractivity (Wildman–Crippen MR) is 72.8 cm³/mol. The molecule has 0 aromatic heterocycles. The van der Waals surface area contributed by atoms with E-state index in [4.69, 9.17) is 17.3 Å². The topological polar surface area (TPSA) is 89.5 Å². The number of hydrogen-bond acceptors (Lipinski definition) is 4. The monoisotopic (exact) mass is 285 g/mol. The first kappa shape index (κ1) is 15.4. The largest absolute Gasteiger partial charge is 0.341 e. The summed E-state index contributed by atoms with van der Waals surface area (Å²) in [7, 11) is 1.61. The van der Waals surface area contributed by atoms with Crippen LogP contribution in [-0.2, 0) is 11.3 Å². The fourth-order valence-electron chi connectivity index (χ4n) is 1.57. The van der Waals surface area contributed by atoms with Crippen LogP contribution in [0.5, 0.6) is 0 Å². The van der Waals surface area contributed by atoms with E-state index in [0.29, 0.717) is 10.6 Å². The molecule has 6 nitrogen and oxygen atoms in total. The quantitative estimate of drug-likeness (QED) is 0.661. The molecule has 7 heteroatoms. The van der Waals surface area contributed by atoms with Crippen molar-refractivity contribution in [3.63, 3.8) is 0 Å². The van der Waals surface area contributed by atoms with Gasteiger partial charge in [-0.05, 0) is 18.6 Å². The van der Waals surface area contributed by atoms with Crippen LogP contribution in [0.2, 0.25) is 5.02 Å².